The zero-order chi connectivity index (χ0) is 13.4. The number of ether oxygens (including phenoxy) is 1. The Bertz CT molecular complexity index is 293. The summed E-state index contributed by atoms with van der Waals surface area (Å²) in [5.41, 5.74) is 0. The van der Waals surface area contributed by atoms with Gasteiger partial charge in [0.1, 0.15) is 0 Å². The number of piperazine rings is 1. The molecule has 0 bridgehead atoms. The molecule has 0 aromatic rings. The predicted octanol–water partition coefficient (Wildman–Crippen LogP) is 0.859. The van der Waals surface area contributed by atoms with Gasteiger partial charge in [-0.3, -0.25) is 9.69 Å². The Labute approximate surface area is 109 Å². The van der Waals surface area contributed by atoms with Crippen LogP contribution in [0.25, 0.3) is 0 Å². The number of amides is 1. The van der Waals surface area contributed by atoms with Crippen molar-refractivity contribution < 1.29 is 9.53 Å². The molecule has 0 aromatic heterocycles. The Morgan fingerprint density at radius 3 is 2.50 bits per heavy atom. The van der Waals surface area contributed by atoms with Crippen LogP contribution in [0, 0.1) is 11.3 Å². The van der Waals surface area contributed by atoms with E-state index in [4.69, 9.17) is 10.00 Å². The van der Waals surface area contributed by atoms with Gasteiger partial charge >= 0.3 is 0 Å². The molecule has 1 amide bonds. The van der Waals surface area contributed by atoms with Crippen LogP contribution in [0.15, 0.2) is 0 Å². The van der Waals surface area contributed by atoms with Crippen molar-refractivity contribution in [2.45, 2.75) is 32.7 Å². The highest BCUT2D eigenvalue weighted by atomic mass is 16.5. The highest BCUT2D eigenvalue weighted by Gasteiger charge is 2.24. The molecule has 5 nitrogen and oxygen atoms in total. The van der Waals surface area contributed by atoms with Crippen molar-refractivity contribution in [3.05, 3.63) is 0 Å². The molecule has 0 saturated carbocycles. The number of hydrogen-bond acceptors (Lipinski definition) is 4. The van der Waals surface area contributed by atoms with Gasteiger partial charge in [0.2, 0.25) is 5.91 Å². The predicted molar refractivity (Wildman–Crippen MR) is 69.0 cm³/mol. The summed E-state index contributed by atoms with van der Waals surface area (Å²) in [7, 11) is 0. The van der Waals surface area contributed by atoms with E-state index in [0.717, 1.165) is 32.6 Å². The molecule has 1 saturated heterocycles. The lowest BCUT2D eigenvalue weighted by atomic mass is 10.2. The molecule has 18 heavy (non-hydrogen) atoms. The second-order valence-electron chi connectivity index (χ2n) is 4.42. The van der Waals surface area contributed by atoms with Crippen molar-refractivity contribution in [2.75, 3.05) is 39.4 Å². The minimum absolute atomic E-state index is 0.00863. The van der Waals surface area contributed by atoms with Crippen LogP contribution in [0.2, 0.25) is 0 Å². The first-order valence-electron chi connectivity index (χ1n) is 6.72. The van der Waals surface area contributed by atoms with Gasteiger partial charge in [0.25, 0.3) is 0 Å². The topological polar surface area (TPSA) is 56.6 Å². The first-order valence-corrected chi connectivity index (χ1v) is 6.72. The van der Waals surface area contributed by atoms with Gasteiger partial charge in [-0.2, -0.15) is 5.26 Å². The van der Waals surface area contributed by atoms with Gasteiger partial charge in [-0.25, -0.2) is 0 Å². The molecule has 5 heteroatoms. The number of rotatable bonds is 6. The third kappa shape index (κ3) is 4.28. The number of carbonyl (C=O) groups excluding carboxylic acids is 1. The van der Waals surface area contributed by atoms with E-state index >= 15 is 0 Å². The van der Waals surface area contributed by atoms with Crippen LogP contribution in [0.4, 0.5) is 0 Å². The highest BCUT2D eigenvalue weighted by molar-refractivity contribution is 5.76. The van der Waals surface area contributed by atoms with Crippen molar-refractivity contribution in [1.29, 1.82) is 5.26 Å². The minimum Gasteiger partial charge on any atom is -0.381 e. The largest absolute Gasteiger partial charge is 0.381 e. The molecule has 0 radical (unpaired) electrons. The molecule has 0 aromatic carbocycles. The normalized spacial score (nSPS) is 18.4. The van der Waals surface area contributed by atoms with Crippen molar-refractivity contribution in [3.8, 4) is 6.07 Å². The summed E-state index contributed by atoms with van der Waals surface area (Å²) in [6.45, 7) is 8.15. The quantitative estimate of drug-likeness (QED) is 0.659. The number of nitriles is 1. The van der Waals surface area contributed by atoms with E-state index in [1.807, 2.05) is 18.7 Å². The van der Waals surface area contributed by atoms with Gasteiger partial charge in [0, 0.05) is 32.8 Å². The number of carbonyl (C=O) groups is 1. The maximum Gasteiger partial charge on any atom is 0.224 e. The standard InChI is InChI=1S/C13H23N3O2/c1-3-12(11-14)15-6-8-16(9-7-15)13(17)5-10-18-4-2/h12H,3-10H2,1-2H3. The Kier molecular flexibility index (Phi) is 6.69. The van der Waals surface area contributed by atoms with Crippen molar-refractivity contribution in [3.63, 3.8) is 0 Å². The Morgan fingerprint density at radius 1 is 1.33 bits per heavy atom. The fourth-order valence-electron chi connectivity index (χ4n) is 2.18. The van der Waals surface area contributed by atoms with Crippen LogP contribution in [-0.4, -0.2) is 61.1 Å². The summed E-state index contributed by atoms with van der Waals surface area (Å²) in [5, 5.41) is 9.01. The van der Waals surface area contributed by atoms with E-state index in [9.17, 15) is 4.79 Å². The van der Waals surface area contributed by atoms with E-state index in [-0.39, 0.29) is 11.9 Å². The van der Waals surface area contributed by atoms with Crippen LogP contribution in [0.3, 0.4) is 0 Å². The third-order valence-electron chi connectivity index (χ3n) is 3.31. The Balaban J connectivity index is 2.30. The van der Waals surface area contributed by atoms with E-state index in [1.54, 1.807) is 0 Å². The maximum absolute atomic E-state index is 11.9. The first-order chi connectivity index (χ1) is 8.72. The molecule has 1 unspecified atom stereocenters. The lowest BCUT2D eigenvalue weighted by Crippen LogP contribution is -2.51. The second kappa shape index (κ2) is 8.06. The SMILES string of the molecule is CCOCCC(=O)N1CCN(C(C#N)CC)CC1. The fraction of sp³-hybridized carbons (Fsp3) is 0.846. The fourth-order valence-corrected chi connectivity index (χ4v) is 2.18. The lowest BCUT2D eigenvalue weighted by molar-refractivity contribution is -0.134. The van der Waals surface area contributed by atoms with Crippen LogP contribution in [-0.2, 0) is 9.53 Å². The molecule has 0 N–H and O–H groups in total. The van der Waals surface area contributed by atoms with Gasteiger partial charge in [0.15, 0.2) is 0 Å². The molecule has 0 aliphatic carbocycles. The average molecular weight is 253 g/mol. The van der Waals surface area contributed by atoms with Gasteiger partial charge in [-0.15, -0.1) is 0 Å². The number of nitrogens with zero attached hydrogens (tertiary/aromatic N) is 3. The van der Waals surface area contributed by atoms with E-state index < -0.39 is 0 Å². The molecule has 102 valence electrons. The average Bonchev–Trinajstić information content (AvgIpc) is 2.41. The molecule has 1 aliphatic heterocycles. The molecule has 0 spiro atoms. The molecule has 1 fully saturated rings. The Morgan fingerprint density at radius 2 is 2.00 bits per heavy atom. The lowest BCUT2D eigenvalue weighted by Gasteiger charge is -2.36. The molecule has 1 rings (SSSR count). The molecular weight excluding hydrogens is 230 g/mol. The van der Waals surface area contributed by atoms with Crippen LogP contribution in [0.5, 0.6) is 0 Å². The third-order valence-corrected chi connectivity index (χ3v) is 3.31. The van der Waals surface area contributed by atoms with Gasteiger partial charge in [-0.1, -0.05) is 6.92 Å². The summed E-state index contributed by atoms with van der Waals surface area (Å²) >= 11 is 0. The Hall–Kier alpha value is -1.12. The summed E-state index contributed by atoms with van der Waals surface area (Å²) in [6, 6.07) is 2.30. The molecule has 1 atom stereocenters. The van der Waals surface area contributed by atoms with Crippen molar-refractivity contribution in [1.82, 2.24) is 9.80 Å². The van der Waals surface area contributed by atoms with Gasteiger partial charge < -0.3 is 9.64 Å². The van der Waals surface area contributed by atoms with Crippen molar-refractivity contribution in [2.24, 2.45) is 0 Å². The van der Waals surface area contributed by atoms with Gasteiger partial charge in [0.05, 0.1) is 25.1 Å². The van der Waals surface area contributed by atoms with E-state index in [2.05, 4.69) is 11.0 Å². The zero-order valence-corrected chi connectivity index (χ0v) is 11.4. The molecule has 1 heterocycles. The van der Waals surface area contributed by atoms with Crippen molar-refractivity contribution >= 4 is 5.91 Å². The second-order valence-corrected chi connectivity index (χ2v) is 4.42. The summed E-state index contributed by atoms with van der Waals surface area (Å²) in [5.74, 6) is 0.160. The maximum atomic E-state index is 11.9. The van der Waals surface area contributed by atoms with Crippen LogP contribution >= 0.6 is 0 Å². The van der Waals surface area contributed by atoms with Crippen LogP contribution in [0.1, 0.15) is 26.7 Å². The summed E-state index contributed by atoms with van der Waals surface area (Å²) in [4.78, 5) is 15.9. The van der Waals surface area contributed by atoms with E-state index in [1.165, 1.54) is 0 Å². The first kappa shape index (κ1) is 14.9. The molecule has 1 aliphatic rings. The number of hydrogen-bond donors (Lipinski definition) is 0. The highest BCUT2D eigenvalue weighted by Crippen LogP contribution is 2.09. The monoisotopic (exact) mass is 253 g/mol. The minimum atomic E-state index is -0.00863. The summed E-state index contributed by atoms with van der Waals surface area (Å²) < 4.78 is 5.19. The smallest absolute Gasteiger partial charge is 0.224 e. The molecular formula is C13H23N3O2. The zero-order valence-electron chi connectivity index (χ0n) is 11.4. The van der Waals surface area contributed by atoms with Crippen LogP contribution < -0.4 is 0 Å². The van der Waals surface area contributed by atoms with E-state index in [0.29, 0.717) is 19.6 Å². The van der Waals surface area contributed by atoms with Gasteiger partial charge in [-0.05, 0) is 13.3 Å². The summed E-state index contributed by atoms with van der Waals surface area (Å²) in [6.07, 6.45) is 1.30.